The fraction of sp³-hybridized carbons (Fsp3) is 0.467. The predicted molar refractivity (Wildman–Crippen MR) is 75.8 cm³/mol. The minimum atomic E-state index is -0.974. The Labute approximate surface area is 118 Å². The number of carbonyl (C=O) groups is 2. The Kier molecular flexibility index (Phi) is 6.03. The summed E-state index contributed by atoms with van der Waals surface area (Å²) in [6, 6.07) is 5.58. The second-order valence-electron chi connectivity index (χ2n) is 4.66. The topological polar surface area (TPSA) is 75.6 Å². The van der Waals surface area contributed by atoms with Crippen molar-refractivity contribution in [2.45, 2.75) is 39.7 Å². The minimum absolute atomic E-state index is 0.0184. The summed E-state index contributed by atoms with van der Waals surface area (Å²) in [5, 5.41) is 11.4. The van der Waals surface area contributed by atoms with Crippen LogP contribution in [0.5, 0.6) is 5.75 Å². The highest BCUT2D eigenvalue weighted by Gasteiger charge is 2.15. The molecule has 20 heavy (non-hydrogen) atoms. The highest BCUT2D eigenvalue weighted by Crippen LogP contribution is 2.26. The summed E-state index contributed by atoms with van der Waals surface area (Å²) < 4.78 is 5.55. The van der Waals surface area contributed by atoms with Crippen molar-refractivity contribution in [3.05, 3.63) is 29.3 Å². The Morgan fingerprint density at radius 2 is 2.05 bits per heavy atom. The maximum Gasteiger partial charge on any atom is 0.303 e. The molecule has 0 aliphatic heterocycles. The van der Waals surface area contributed by atoms with Crippen LogP contribution in [-0.2, 0) is 9.59 Å². The van der Waals surface area contributed by atoms with Gasteiger partial charge in [-0.05, 0) is 26.8 Å². The first kappa shape index (κ1) is 16.0. The standard InChI is InChI=1S/C15H21NO4/c1-4-20-13-6-5-10(2)9-12(13)11(3)16-14(17)7-8-15(18)19/h5-6,9,11H,4,7-8H2,1-3H3,(H,16,17)(H,18,19)/t11-/m0/s1. The number of carboxylic acid groups (broad SMARTS) is 1. The predicted octanol–water partition coefficient (Wildman–Crippen LogP) is 2.44. The SMILES string of the molecule is CCOc1ccc(C)cc1[C@H](C)NC(=O)CCC(=O)O. The van der Waals surface area contributed by atoms with Gasteiger partial charge in [0.2, 0.25) is 5.91 Å². The zero-order valence-corrected chi connectivity index (χ0v) is 12.1. The van der Waals surface area contributed by atoms with Crippen LogP contribution >= 0.6 is 0 Å². The maximum absolute atomic E-state index is 11.7. The van der Waals surface area contributed by atoms with Crippen LogP contribution in [0.2, 0.25) is 0 Å². The number of nitrogens with one attached hydrogen (secondary N) is 1. The van der Waals surface area contributed by atoms with E-state index in [9.17, 15) is 9.59 Å². The van der Waals surface area contributed by atoms with Crippen LogP contribution in [0.15, 0.2) is 18.2 Å². The number of benzene rings is 1. The summed E-state index contributed by atoms with van der Waals surface area (Å²) >= 11 is 0. The number of hydrogen-bond acceptors (Lipinski definition) is 3. The van der Waals surface area contributed by atoms with Crippen molar-refractivity contribution in [1.29, 1.82) is 0 Å². The number of aliphatic carboxylic acids is 1. The van der Waals surface area contributed by atoms with Gasteiger partial charge in [0.25, 0.3) is 0 Å². The number of carbonyl (C=O) groups excluding carboxylic acids is 1. The summed E-state index contributed by atoms with van der Waals surface area (Å²) in [5.41, 5.74) is 1.98. The third-order valence-electron chi connectivity index (χ3n) is 2.88. The molecule has 0 saturated heterocycles. The third-order valence-corrected chi connectivity index (χ3v) is 2.88. The first-order chi connectivity index (χ1) is 9.43. The highest BCUT2D eigenvalue weighted by molar-refractivity contribution is 5.80. The molecule has 0 fully saturated rings. The lowest BCUT2D eigenvalue weighted by Crippen LogP contribution is -2.27. The Balaban J connectivity index is 2.75. The largest absolute Gasteiger partial charge is 0.494 e. The van der Waals surface area contributed by atoms with Crippen LogP contribution in [0, 0.1) is 6.92 Å². The van der Waals surface area contributed by atoms with Crippen LogP contribution in [0.4, 0.5) is 0 Å². The minimum Gasteiger partial charge on any atom is -0.494 e. The lowest BCUT2D eigenvalue weighted by atomic mass is 10.0. The van der Waals surface area contributed by atoms with Crippen molar-refractivity contribution in [3.63, 3.8) is 0 Å². The second-order valence-corrected chi connectivity index (χ2v) is 4.66. The number of rotatable bonds is 7. The van der Waals surface area contributed by atoms with E-state index in [1.165, 1.54) is 0 Å². The van der Waals surface area contributed by atoms with E-state index >= 15 is 0 Å². The van der Waals surface area contributed by atoms with Crippen molar-refractivity contribution >= 4 is 11.9 Å². The van der Waals surface area contributed by atoms with E-state index in [1.54, 1.807) is 0 Å². The van der Waals surface area contributed by atoms with Gasteiger partial charge in [0, 0.05) is 12.0 Å². The molecule has 5 nitrogen and oxygen atoms in total. The Morgan fingerprint density at radius 1 is 1.35 bits per heavy atom. The molecule has 1 atom stereocenters. The first-order valence-electron chi connectivity index (χ1n) is 6.68. The Bertz CT molecular complexity index is 485. The molecule has 0 radical (unpaired) electrons. The van der Waals surface area contributed by atoms with Gasteiger partial charge in [-0.2, -0.15) is 0 Å². The summed E-state index contributed by atoms with van der Waals surface area (Å²) in [5.74, 6) is -0.508. The molecule has 2 N–H and O–H groups in total. The van der Waals surface area contributed by atoms with E-state index in [2.05, 4.69) is 5.32 Å². The molecule has 0 unspecified atom stereocenters. The molecule has 1 rings (SSSR count). The van der Waals surface area contributed by atoms with Gasteiger partial charge < -0.3 is 15.2 Å². The summed E-state index contributed by atoms with van der Waals surface area (Å²) in [4.78, 5) is 22.1. The van der Waals surface area contributed by atoms with Gasteiger partial charge in [-0.15, -0.1) is 0 Å². The maximum atomic E-state index is 11.7. The second kappa shape index (κ2) is 7.53. The molecule has 1 amide bonds. The van der Waals surface area contributed by atoms with Gasteiger partial charge in [-0.1, -0.05) is 17.7 Å². The summed E-state index contributed by atoms with van der Waals surface area (Å²) in [6.07, 6.45) is -0.180. The normalized spacial score (nSPS) is 11.8. The fourth-order valence-electron chi connectivity index (χ4n) is 1.91. The van der Waals surface area contributed by atoms with Crippen molar-refractivity contribution in [2.24, 2.45) is 0 Å². The van der Waals surface area contributed by atoms with Crippen LogP contribution < -0.4 is 10.1 Å². The van der Waals surface area contributed by atoms with Gasteiger partial charge >= 0.3 is 5.97 Å². The van der Waals surface area contributed by atoms with Crippen LogP contribution in [-0.4, -0.2) is 23.6 Å². The van der Waals surface area contributed by atoms with E-state index in [0.717, 1.165) is 16.9 Å². The first-order valence-corrected chi connectivity index (χ1v) is 6.68. The zero-order chi connectivity index (χ0) is 15.1. The monoisotopic (exact) mass is 279 g/mol. The molecule has 0 spiro atoms. The lowest BCUT2D eigenvalue weighted by molar-refractivity contribution is -0.138. The van der Waals surface area contributed by atoms with E-state index < -0.39 is 5.97 Å². The van der Waals surface area contributed by atoms with Crippen molar-refractivity contribution in [2.75, 3.05) is 6.61 Å². The lowest BCUT2D eigenvalue weighted by Gasteiger charge is -2.18. The van der Waals surface area contributed by atoms with E-state index in [0.29, 0.717) is 6.61 Å². The van der Waals surface area contributed by atoms with Crippen molar-refractivity contribution in [3.8, 4) is 5.75 Å². The number of amides is 1. The molecule has 0 saturated carbocycles. The quantitative estimate of drug-likeness (QED) is 0.803. The van der Waals surface area contributed by atoms with Gasteiger partial charge in [0.1, 0.15) is 5.75 Å². The molecule has 0 aromatic heterocycles. The fourth-order valence-corrected chi connectivity index (χ4v) is 1.91. The van der Waals surface area contributed by atoms with E-state index in [1.807, 2.05) is 39.0 Å². The molecular weight excluding hydrogens is 258 g/mol. The van der Waals surface area contributed by atoms with Gasteiger partial charge in [0.05, 0.1) is 19.1 Å². The smallest absolute Gasteiger partial charge is 0.303 e. The van der Waals surface area contributed by atoms with E-state index in [-0.39, 0.29) is 24.8 Å². The number of carboxylic acids is 1. The van der Waals surface area contributed by atoms with Gasteiger partial charge in [0.15, 0.2) is 0 Å². The molecule has 0 bridgehead atoms. The molecular formula is C15H21NO4. The number of aryl methyl sites for hydroxylation is 1. The summed E-state index contributed by atoms with van der Waals surface area (Å²) in [6.45, 7) is 6.28. The van der Waals surface area contributed by atoms with Crippen molar-refractivity contribution in [1.82, 2.24) is 5.32 Å². The molecule has 1 aromatic rings. The molecule has 5 heteroatoms. The van der Waals surface area contributed by atoms with Gasteiger partial charge in [-0.3, -0.25) is 9.59 Å². The molecule has 110 valence electrons. The third kappa shape index (κ3) is 4.91. The Hall–Kier alpha value is -2.04. The molecule has 0 aliphatic carbocycles. The number of hydrogen-bond donors (Lipinski definition) is 2. The molecule has 0 heterocycles. The van der Waals surface area contributed by atoms with Crippen LogP contribution in [0.1, 0.15) is 43.9 Å². The highest BCUT2D eigenvalue weighted by atomic mass is 16.5. The molecule has 1 aromatic carbocycles. The average Bonchev–Trinajstić information content (AvgIpc) is 2.38. The number of ether oxygens (including phenoxy) is 1. The average molecular weight is 279 g/mol. The van der Waals surface area contributed by atoms with Crippen LogP contribution in [0.25, 0.3) is 0 Å². The zero-order valence-electron chi connectivity index (χ0n) is 12.1. The van der Waals surface area contributed by atoms with Crippen LogP contribution in [0.3, 0.4) is 0 Å². The van der Waals surface area contributed by atoms with Crippen molar-refractivity contribution < 1.29 is 19.4 Å². The van der Waals surface area contributed by atoms with Gasteiger partial charge in [-0.25, -0.2) is 0 Å². The Morgan fingerprint density at radius 3 is 2.65 bits per heavy atom. The van der Waals surface area contributed by atoms with E-state index in [4.69, 9.17) is 9.84 Å². The molecule has 0 aliphatic rings. The summed E-state index contributed by atoms with van der Waals surface area (Å²) in [7, 11) is 0.